The summed E-state index contributed by atoms with van der Waals surface area (Å²) in [5.74, 6) is -0.422. The predicted octanol–water partition coefficient (Wildman–Crippen LogP) is 2.57. The third-order valence-electron chi connectivity index (χ3n) is 3.23. The number of halogens is 1. The van der Waals surface area contributed by atoms with E-state index in [0.29, 0.717) is 12.8 Å². The Balaban J connectivity index is 3.07. The summed E-state index contributed by atoms with van der Waals surface area (Å²) in [5, 5.41) is 12.6. The number of hydrogen-bond acceptors (Lipinski definition) is 3. The molecule has 0 unspecified atom stereocenters. The van der Waals surface area contributed by atoms with Gasteiger partial charge in [0.1, 0.15) is 5.75 Å². The second kappa shape index (κ2) is 6.51. The Labute approximate surface area is 131 Å². The van der Waals surface area contributed by atoms with Crippen molar-refractivity contribution >= 4 is 45.7 Å². The van der Waals surface area contributed by atoms with E-state index in [1.54, 1.807) is 12.1 Å². The van der Waals surface area contributed by atoms with E-state index >= 15 is 0 Å². The lowest BCUT2D eigenvalue weighted by Crippen LogP contribution is -2.56. The quantitative estimate of drug-likeness (QED) is 0.532. The summed E-state index contributed by atoms with van der Waals surface area (Å²) in [6, 6.07) is 4.85. The van der Waals surface area contributed by atoms with Crippen LogP contribution in [-0.4, -0.2) is 21.5 Å². The number of phenols is 1. The highest BCUT2D eigenvalue weighted by Gasteiger charge is 2.32. The molecular weight excluding hydrogens is 375 g/mol. The van der Waals surface area contributed by atoms with Crippen LogP contribution in [0.2, 0.25) is 0 Å². The fourth-order valence-corrected chi connectivity index (χ4v) is 2.64. The summed E-state index contributed by atoms with van der Waals surface area (Å²) in [4.78, 5) is 12.5. The molecule has 0 atom stereocenters. The van der Waals surface area contributed by atoms with Crippen LogP contribution in [-0.2, 0) is 0 Å². The van der Waals surface area contributed by atoms with Gasteiger partial charge >= 0.3 is 0 Å². The lowest BCUT2D eigenvalue weighted by Gasteiger charge is -2.31. The molecule has 4 N–H and O–H groups in total. The number of thiocarbonyl (C=S) groups is 1. The first kappa shape index (κ1) is 16.2. The van der Waals surface area contributed by atoms with Crippen LogP contribution >= 0.6 is 34.8 Å². The van der Waals surface area contributed by atoms with Crippen LogP contribution in [0.3, 0.4) is 0 Å². The molecule has 0 aliphatic carbocycles. The van der Waals surface area contributed by atoms with Crippen LogP contribution < -0.4 is 11.1 Å². The molecule has 0 heterocycles. The minimum absolute atomic E-state index is 0.0537. The van der Waals surface area contributed by atoms with Crippen molar-refractivity contribution in [3.05, 3.63) is 27.3 Å². The van der Waals surface area contributed by atoms with Gasteiger partial charge < -0.3 is 16.2 Å². The lowest BCUT2D eigenvalue weighted by molar-refractivity contribution is 0.0917. The molecule has 19 heavy (non-hydrogen) atoms. The molecule has 0 saturated heterocycles. The lowest BCUT2D eigenvalue weighted by atomic mass is 9.92. The number of rotatable bonds is 5. The molecule has 1 amide bonds. The predicted molar refractivity (Wildman–Crippen MR) is 88.4 cm³/mol. The number of benzene rings is 1. The third-order valence-corrected chi connectivity index (χ3v) is 4.30. The van der Waals surface area contributed by atoms with Crippen LogP contribution in [0.1, 0.15) is 37.0 Å². The number of phenolic OH excluding ortho intramolecular Hbond substituents is 1. The molecule has 0 aromatic heterocycles. The maximum Gasteiger partial charge on any atom is 0.255 e. The van der Waals surface area contributed by atoms with E-state index in [0.717, 1.165) is 3.57 Å². The SMILES string of the molecule is CCC(CC)(NC(=O)c1cc(I)ccc1O)C(N)=S. The summed E-state index contributed by atoms with van der Waals surface area (Å²) < 4.78 is 0.870. The highest BCUT2D eigenvalue weighted by atomic mass is 127. The monoisotopic (exact) mass is 392 g/mol. The number of carbonyl (C=O) groups is 1. The van der Waals surface area contributed by atoms with E-state index in [1.807, 2.05) is 13.8 Å². The zero-order chi connectivity index (χ0) is 14.6. The van der Waals surface area contributed by atoms with Gasteiger partial charge in [0, 0.05) is 3.57 Å². The molecule has 0 aliphatic rings. The second-order valence-corrected chi connectivity index (χ2v) is 5.95. The number of amides is 1. The molecule has 0 radical (unpaired) electrons. The molecule has 0 bridgehead atoms. The first-order valence-corrected chi connectivity index (χ1v) is 7.46. The molecule has 1 aromatic rings. The smallest absolute Gasteiger partial charge is 0.255 e. The van der Waals surface area contributed by atoms with Gasteiger partial charge in [0.15, 0.2) is 0 Å². The third kappa shape index (κ3) is 3.56. The van der Waals surface area contributed by atoms with Gasteiger partial charge in [0.25, 0.3) is 5.91 Å². The van der Waals surface area contributed by atoms with Gasteiger partial charge in [-0.25, -0.2) is 0 Å². The molecule has 1 rings (SSSR count). The number of aromatic hydroxyl groups is 1. The van der Waals surface area contributed by atoms with E-state index in [9.17, 15) is 9.90 Å². The Morgan fingerprint density at radius 1 is 1.47 bits per heavy atom. The Morgan fingerprint density at radius 3 is 2.53 bits per heavy atom. The van der Waals surface area contributed by atoms with Gasteiger partial charge in [-0.05, 0) is 53.6 Å². The van der Waals surface area contributed by atoms with Crippen LogP contribution in [0.25, 0.3) is 0 Å². The average Bonchev–Trinajstić information content (AvgIpc) is 2.38. The normalized spacial score (nSPS) is 11.1. The molecule has 0 fully saturated rings. The number of hydrogen-bond donors (Lipinski definition) is 3. The van der Waals surface area contributed by atoms with Crippen molar-refractivity contribution in [3.8, 4) is 5.75 Å². The van der Waals surface area contributed by atoms with Gasteiger partial charge in [-0.3, -0.25) is 4.79 Å². The molecule has 0 saturated carbocycles. The van der Waals surface area contributed by atoms with Crippen LogP contribution in [0.4, 0.5) is 0 Å². The zero-order valence-electron chi connectivity index (χ0n) is 10.9. The summed E-state index contributed by atoms with van der Waals surface area (Å²) in [5.41, 5.74) is 5.26. The summed E-state index contributed by atoms with van der Waals surface area (Å²) >= 11 is 7.14. The molecule has 1 aromatic carbocycles. The maximum absolute atomic E-state index is 12.3. The Kier molecular flexibility index (Phi) is 5.54. The van der Waals surface area contributed by atoms with Gasteiger partial charge in [0.05, 0.1) is 16.1 Å². The van der Waals surface area contributed by atoms with E-state index in [4.69, 9.17) is 18.0 Å². The molecule has 6 heteroatoms. The van der Waals surface area contributed by atoms with E-state index in [-0.39, 0.29) is 22.2 Å². The zero-order valence-corrected chi connectivity index (χ0v) is 13.8. The van der Waals surface area contributed by atoms with Crippen LogP contribution in [0, 0.1) is 3.57 Å². The van der Waals surface area contributed by atoms with Gasteiger partial charge in [-0.1, -0.05) is 26.1 Å². The number of nitrogens with two attached hydrogens (primary N) is 1. The molecule has 0 spiro atoms. The fraction of sp³-hybridized carbons (Fsp3) is 0.385. The second-order valence-electron chi connectivity index (χ2n) is 4.27. The maximum atomic E-state index is 12.3. The van der Waals surface area contributed by atoms with E-state index in [2.05, 4.69) is 27.9 Å². The average molecular weight is 392 g/mol. The molecule has 4 nitrogen and oxygen atoms in total. The number of nitrogens with one attached hydrogen (secondary N) is 1. The molecule has 104 valence electrons. The first-order chi connectivity index (χ1) is 8.86. The van der Waals surface area contributed by atoms with Crippen LogP contribution in [0.15, 0.2) is 18.2 Å². The van der Waals surface area contributed by atoms with Crippen molar-refractivity contribution in [2.45, 2.75) is 32.2 Å². The highest BCUT2D eigenvalue weighted by molar-refractivity contribution is 14.1. The summed E-state index contributed by atoms with van der Waals surface area (Å²) in [6.45, 7) is 3.83. The van der Waals surface area contributed by atoms with Crippen molar-refractivity contribution in [3.63, 3.8) is 0 Å². The van der Waals surface area contributed by atoms with Gasteiger partial charge in [0.2, 0.25) is 0 Å². The first-order valence-electron chi connectivity index (χ1n) is 5.97. The van der Waals surface area contributed by atoms with Crippen molar-refractivity contribution in [2.24, 2.45) is 5.73 Å². The van der Waals surface area contributed by atoms with Crippen molar-refractivity contribution < 1.29 is 9.90 Å². The summed E-state index contributed by atoms with van der Waals surface area (Å²) in [7, 11) is 0. The highest BCUT2D eigenvalue weighted by Crippen LogP contribution is 2.22. The number of carbonyl (C=O) groups excluding carboxylic acids is 1. The minimum atomic E-state index is -0.708. The van der Waals surface area contributed by atoms with Gasteiger partial charge in [-0.2, -0.15) is 0 Å². The van der Waals surface area contributed by atoms with Gasteiger partial charge in [-0.15, -0.1) is 0 Å². The fourth-order valence-electron chi connectivity index (χ4n) is 1.81. The van der Waals surface area contributed by atoms with Crippen LogP contribution in [0.5, 0.6) is 5.75 Å². The van der Waals surface area contributed by atoms with E-state index in [1.165, 1.54) is 6.07 Å². The largest absolute Gasteiger partial charge is 0.507 e. The molecule has 0 aliphatic heterocycles. The van der Waals surface area contributed by atoms with E-state index < -0.39 is 5.54 Å². The van der Waals surface area contributed by atoms with Crippen molar-refractivity contribution in [2.75, 3.05) is 0 Å². The Morgan fingerprint density at radius 2 is 2.05 bits per heavy atom. The Hall–Kier alpha value is -0.890. The summed E-state index contributed by atoms with van der Waals surface area (Å²) in [6.07, 6.45) is 1.21. The molecular formula is C13H17IN2O2S. The topological polar surface area (TPSA) is 75.3 Å². The standard InChI is InChI=1S/C13H17IN2O2S/c1-3-13(4-2,12(15)19)16-11(18)9-7-8(14)5-6-10(9)17/h5-7,17H,3-4H2,1-2H3,(H2,15,19)(H,16,18). The minimum Gasteiger partial charge on any atom is -0.507 e. The van der Waals surface area contributed by atoms with Crippen molar-refractivity contribution in [1.82, 2.24) is 5.32 Å². The van der Waals surface area contributed by atoms with Crippen molar-refractivity contribution in [1.29, 1.82) is 0 Å². The Bertz CT molecular complexity index is 501.